The minimum Gasteiger partial charge on any atom is -0.342 e. The van der Waals surface area contributed by atoms with E-state index in [4.69, 9.17) is 0 Å². The van der Waals surface area contributed by atoms with Crippen molar-refractivity contribution in [2.24, 2.45) is 11.8 Å². The molecular weight excluding hydrogens is 360 g/mol. The Hall–Kier alpha value is -2.62. The predicted octanol–water partition coefficient (Wildman–Crippen LogP) is 4.14. The summed E-state index contributed by atoms with van der Waals surface area (Å²) in [4.78, 5) is 29.5. The highest BCUT2D eigenvalue weighted by Crippen LogP contribution is 2.31. The van der Waals surface area contributed by atoms with E-state index >= 15 is 0 Å². The topological polar surface area (TPSA) is 40.6 Å². The zero-order valence-electron chi connectivity index (χ0n) is 17.4. The SMILES string of the molecule is Cc1cccc(N2CC(C(=O)N3CCC(Cc4ccccc4)CC3)CC2=O)c1C. The molecule has 4 rings (SSSR count). The Kier molecular flexibility index (Phi) is 5.70. The molecule has 0 spiro atoms. The molecule has 0 bridgehead atoms. The fourth-order valence-corrected chi connectivity index (χ4v) is 4.70. The fraction of sp³-hybridized carbons (Fsp3) is 0.440. The molecular formula is C25H30N2O2. The maximum absolute atomic E-state index is 13.1. The standard InChI is InChI=1S/C25H30N2O2/c1-18-7-6-10-23(19(18)2)27-17-22(16-24(27)28)25(29)26-13-11-21(12-14-26)15-20-8-4-3-5-9-20/h3-10,21-22H,11-17H2,1-2H3. The van der Waals surface area contributed by atoms with Gasteiger partial charge in [-0.2, -0.15) is 0 Å². The third-order valence-electron chi connectivity index (χ3n) is 6.63. The number of carbonyl (C=O) groups is 2. The van der Waals surface area contributed by atoms with E-state index in [9.17, 15) is 9.59 Å². The number of nitrogens with zero attached hydrogens (tertiary/aromatic N) is 2. The average Bonchev–Trinajstić information content (AvgIpc) is 3.12. The Labute approximate surface area is 173 Å². The van der Waals surface area contributed by atoms with Gasteiger partial charge in [-0.1, -0.05) is 42.5 Å². The number of amides is 2. The van der Waals surface area contributed by atoms with E-state index in [1.54, 1.807) is 0 Å². The van der Waals surface area contributed by atoms with E-state index in [-0.39, 0.29) is 17.7 Å². The normalized spacial score (nSPS) is 20.3. The molecule has 0 aliphatic carbocycles. The Balaban J connectivity index is 1.35. The third-order valence-corrected chi connectivity index (χ3v) is 6.63. The number of likely N-dealkylation sites (tertiary alicyclic amines) is 1. The Morgan fingerprint density at radius 1 is 1.00 bits per heavy atom. The van der Waals surface area contributed by atoms with Crippen molar-refractivity contribution < 1.29 is 9.59 Å². The van der Waals surface area contributed by atoms with Gasteiger partial charge in [-0.25, -0.2) is 0 Å². The van der Waals surface area contributed by atoms with Crippen LogP contribution in [0.2, 0.25) is 0 Å². The first-order valence-corrected chi connectivity index (χ1v) is 10.7. The molecule has 1 unspecified atom stereocenters. The number of piperidine rings is 1. The molecule has 2 aromatic rings. The summed E-state index contributed by atoms with van der Waals surface area (Å²) in [5.41, 5.74) is 4.62. The molecule has 0 saturated carbocycles. The van der Waals surface area contributed by atoms with Crippen molar-refractivity contribution in [3.63, 3.8) is 0 Å². The second-order valence-corrected chi connectivity index (χ2v) is 8.58. The molecule has 29 heavy (non-hydrogen) atoms. The van der Waals surface area contributed by atoms with Gasteiger partial charge in [-0.15, -0.1) is 0 Å². The number of anilines is 1. The molecule has 2 aliphatic rings. The molecule has 0 N–H and O–H groups in total. The lowest BCUT2D eigenvalue weighted by atomic mass is 9.89. The van der Waals surface area contributed by atoms with Crippen molar-refractivity contribution in [3.8, 4) is 0 Å². The van der Waals surface area contributed by atoms with E-state index in [0.717, 1.165) is 43.6 Å². The molecule has 152 valence electrons. The zero-order chi connectivity index (χ0) is 20.4. The number of benzene rings is 2. The van der Waals surface area contributed by atoms with Crippen LogP contribution in [0.3, 0.4) is 0 Å². The second-order valence-electron chi connectivity index (χ2n) is 8.58. The first-order valence-electron chi connectivity index (χ1n) is 10.7. The number of rotatable bonds is 4. The summed E-state index contributed by atoms with van der Waals surface area (Å²) in [5.74, 6) is 0.645. The molecule has 2 saturated heterocycles. The Morgan fingerprint density at radius 3 is 2.45 bits per heavy atom. The van der Waals surface area contributed by atoms with Crippen LogP contribution in [0.5, 0.6) is 0 Å². The van der Waals surface area contributed by atoms with Crippen LogP contribution in [0.15, 0.2) is 48.5 Å². The number of hydrogen-bond donors (Lipinski definition) is 0. The first kappa shape index (κ1) is 19.7. The van der Waals surface area contributed by atoms with Crippen molar-refractivity contribution in [1.29, 1.82) is 0 Å². The molecule has 2 aliphatic heterocycles. The summed E-state index contributed by atoms with van der Waals surface area (Å²) in [6.07, 6.45) is 3.51. The molecule has 1 atom stereocenters. The van der Waals surface area contributed by atoms with Gasteiger partial charge in [0, 0.05) is 31.7 Å². The first-order chi connectivity index (χ1) is 14.0. The van der Waals surface area contributed by atoms with E-state index in [1.807, 2.05) is 28.9 Å². The van der Waals surface area contributed by atoms with Crippen LogP contribution >= 0.6 is 0 Å². The molecule has 2 fully saturated rings. The number of aryl methyl sites for hydroxylation is 1. The van der Waals surface area contributed by atoms with Crippen molar-refractivity contribution >= 4 is 17.5 Å². The van der Waals surface area contributed by atoms with Gasteiger partial charge in [-0.3, -0.25) is 9.59 Å². The minimum absolute atomic E-state index is 0.0658. The minimum atomic E-state index is -0.215. The van der Waals surface area contributed by atoms with Crippen molar-refractivity contribution in [1.82, 2.24) is 4.90 Å². The number of hydrogen-bond acceptors (Lipinski definition) is 2. The molecule has 2 amide bonds. The lowest BCUT2D eigenvalue weighted by molar-refractivity contribution is -0.137. The van der Waals surface area contributed by atoms with Gasteiger partial charge >= 0.3 is 0 Å². The number of carbonyl (C=O) groups excluding carboxylic acids is 2. The van der Waals surface area contributed by atoms with Crippen LogP contribution in [0.1, 0.15) is 36.0 Å². The van der Waals surface area contributed by atoms with Crippen LogP contribution in [-0.2, 0) is 16.0 Å². The largest absolute Gasteiger partial charge is 0.342 e. The summed E-state index contributed by atoms with van der Waals surface area (Å²) in [7, 11) is 0. The van der Waals surface area contributed by atoms with E-state index in [2.05, 4.69) is 43.3 Å². The summed E-state index contributed by atoms with van der Waals surface area (Å²) >= 11 is 0. The van der Waals surface area contributed by atoms with Gasteiger partial charge in [0.2, 0.25) is 11.8 Å². The van der Waals surface area contributed by atoms with Gasteiger partial charge in [0.25, 0.3) is 0 Å². The highest BCUT2D eigenvalue weighted by Gasteiger charge is 2.38. The van der Waals surface area contributed by atoms with Gasteiger partial charge in [0.05, 0.1) is 5.92 Å². The van der Waals surface area contributed by atoms with Crippen molar-refractivity contribution in [3.05, 3.63) is 65.2 Å². The highest BCUT2D eigenvalue weighted by molar-refractivity contribution is 6.00. The van der Waals surface area contributed by atoms with Crippen LogP contribution in [-0.4, -0.2) is 36.3 Å². The van der Waals surface area contributed by atoms with E-state index in [1.165, 1.54) is 11.1 Å². The molecule has 0 aromatic heterocycles. The average molecular weight is 391 g/mol. The highest BCUT2D eigenvalue weighted by atomic mass is 16.2. The predicted molar refractivity (Wildman–Crippen MR) is 116 cm³/mol. The van der Waals surface area contributed by atoms with Crippen LogP contribution in [0, 0.1) is 25.7 Å². The van der Waals surface area contributed by atoms with Gasteiger partial charge < -0.3 is 9.80 Å². The van der Waals surface area contributed by atoms with Crippen LogP contribution in [0.4, 0.5) is 5.69 Å². The van der Waals surface area contributed by atoms with E-state index < -0.39 is 0 Å². The zero-order valence-corrected chi connectivity index (χ0v) is 17.4. The van der Waals surface area contributed by atoms with Crippen LogP contribution < -0.4 is 4.90 Å². The van der Waals surface area contributed by atoms with Crippen LogP contribution in [0.25, 0.3) is 0 Å². The maximum Gasteiger partial charge on any atom is 0.228 e. The fourth-order valence-electron chi connectivity index (χ4n) is 4.70. The lowest BCUT2D eigenvalue weighted by Crippen LogP contribution is -2.42. The Bertz CT molecular complexity index is 885. The maximum atomic E-state index is 13.1. The molecule has 2 heterocycles. The summed E-state index contributed by atoms with van der Waals surface area (Å²) < 4.78 is 0. The molecule has 2 aromatic carbocycles. The smallest absolute Gasteiger partial charge is 0.228 e. The molecule has 0 radical (unpaired) electrons. The summed E-state index contributed by atoms with van der Waals surface area (Å²) in [6.45, 7) is 6.23. The quantitative estimate of drug-likeness (QED) is 0.787. The van der Waals surface area contributed by atoms with E-state index in [0.29, 0.717) is 18.9 Å². The second kappa shape index (κ2) is 8.40. The summed E-state index contributed by atoms with van der Waals surface area (Å²) in [5, 5.41) is 0. The van der Waals surface area contributed by atoms with Crippen molar-refractivity contribution in [2.45, 2.75) is 39.5 Å². The third kappa shape index (κ3) is 4.21. The van der Waals surface area contributed by atoms with Gasteiger partial charge in [0.1, 0.15) is 0 Å². The molecule has 4 nitrogen and oxygen atoms in total. The summed E-state index contributed by atoms with van der Waals surface area (Å²) in [6, 6.07) is 16.6. The Morgan fingerprint density at radius 2 is 1.72 bits per heavy atom. The molecule has 4 heteroatoms. The monoisotopic (exact) mass is 390 g/mol. The van der Waals surface area contributed by atoms with Crippen molar-refractivity contribution in [2.75, 3.05) is 24.5 Å². The van der Waals surface area contributed by atoms with Gasteiger partial charge in [0.15, 0.2) is 0 Å². The lowest BCUT2D eigenvalue weighted by Gasteiger charge is -2.33. The van der Waals surface area contributed by atoms with Gasteiger partial charge in [-0.05, 0) is 61.8 Å².